The summed E-state index contributed by atoms with van der Waals surface area (Å²) in [5.74, 6) is 0.902. The molecular weight excluding hydrogens is 484 g/mol. The summed E-state index contributed by atoms with van der Waals surface area (Å²) in [6, 6.07) is 5.15. The van der Waals surface area contributed by atoms with Gasteiger partial charge in [0.2, 0.25) is 0 Å². The minimum Gasteiger partial charge on any atom is -0.378 e. The third-order valence-corrected chi connectivity index (χ3v) is 4.40. The summed E-state index contributed by atoms with van der Waals surface area (Å²) < 4.78 is 21.8. The summed E-state index contributed by atoms with van der Waals surface area (Å²) in [6.45, 7) is 11.0. The highest BCUT2D eigenvalue weighted by molar-refractivity contribution is 14.0. The minimum atomic E-state index is -0.292. The van der Waals surface area contributed by atoms with Crippen molar-refractivity contribution in [3.8, 4) is 5.69 Å². The fourth-order valence-electron chi connectivity index (χ4n) is 2.93. The van der Waals surface area contributed by atoms with Crippen molar-refractivity contribution in [1.29, 1.82) is 0 Å². The second-order valence-electron chi connectivity index (χ2n) is 6.90. The molecule has 162 valence electrons. The summed E-state index contributed by atoms with van der Waals surface area (Å²) in [7, 11) is 0. The number of guanidine groups is 1. The lowest BCUT2D eigenvalue weighted by molar-refractivity contribution is 0.0258. The van der Waals surface area contributed by atoms with E-state index in [0.29, 0.717) is 18.2 Å². The Morgan fingerprint density at radius 2 is 2.07 bits per heavy atom. The van der Waals surface area contributed by atoms with Crippen LogP contribution in [-0.4, -0.2) is 41.3 Å². The van der Waals surface area contributed by atoms with Gasteiger partial charge >= 0.3 is 0 Å². The van der Waals surface area contributed by atoms with E-state index in [2.05, 4.69) is 34.5 Å². The van der Waals surface area contributed by atoms with E-state index < -0.39 is 0 Å². The van der Waals surface area contributed by atoms with Crippen molar-refractivity contribution in [2.24, 2.45) is 10.9 Å². The summed E-state index contributed by atoms with van der Waals surface area (Å²) in [4.78, 5) is 8.53. The number of hydrogen-bond donors (Lipinski definition) is 2. The zero-order chi connectivity index (χ0) is 20.4. The average molecular weight is 517 g/mol. The summed E-state index contributed by atoms with van der Waals surface area (Å²) in [5.41, 5.74) is 1.29. The number of halogens is 2. The van der Waals surface area contributed by atoms with E-state index >= 15 is 0 Å². The zero-order valence-electron chi connectivity index (χ0n) is 17.7. The molecule has 2 aromatic rings. The lowest BCUT2D eigenvalue weighted by Gasteiger charge is -2.21. The van der Waals surface area contributed by atoms with Gasteiger partial charge in [-0.05, 0) is 43.9 Å². The van der Waals surface area contributed by atoms with Crippen LogP contribution in [0.3, 0.4) is 0 Å². The normalized spacial score (nSPS) is 12.6. The molecule has 0 aliphatic heterocycles. The molecule has 2 rings (SSSR count). The Morgan fingerprint density at radius 1 is 1.28 bits per heavy atom. The van der Waals surface area contributed by atoms with E-state index in [4.69, 9.17) is 4.74 Å². The van der Waals surface area contributed by atoms with E-state index in [0.717, 1.165) is 37.6 Å². The second kappa shape index (κ2) is 13.5. The summed E-state index contributed by atoms with van der Waals surface area (Å²) in [6.07, 6.45) is 6.06. The number of nitrogens with zero attached hydrogens (tertiary/aromatic N) is 3. The van der Waals surface area contributed by atoms with Crippen LogP contribution in [-0.2, 0) is 11.3 Å². The van der Waals surface area contributed by atoms with Gasteiger partial charge in [0.15, 0.2) is 5.96 Å². The number of ether oxygens (including phenoxy) is 1. The molecule has 0 bridgehead atoms. The standard InChI is InChI=1S/C21H32FN5O.HI/c1-5-24-21(25-10-9-20(16(3)4)28-6-2)26-14-17-7-8-19(18(22)13-17)27-12-11-23-15-27;/h7-8,11-13,15-16,20H,5-6,9-10,14H2,1-4H3,(H2,24,25,26);1H. The van der Waals surface area contributed by atoms with E-state index in [1.807, 2.05) is 19.9 Å². The maximum Gasteiger partial charge on any atom is 0.191 e. The molecule has 8 heteroatoms. The van der Waals surface area contributed by atoms with Crippen molar-refractivity contribution >= 4 is 29.9 Å². The number of aromatic nitrogens is 2. The van der Waals surface area contributed by atoms with Gasteiger partial charge in [0, 0.05) is 32.1 Å². The Hall–Kier alpha value is -1.68. The molecule has 0 spiro atoms. The lowest BCUT2D eigenvalue weighted by Crippen LogP contribution is -2.39. The molecule has 0 aliphatic rings. The molecule has 0 saturated heterocycles. The Kier molecular flexibility index (Phi) is 11.8. The first kappa shape index (κ1) is 25.4. The Morgan fingerprint density at radius 3 is 2.66 bits per heavy atom. The molecule has 6 nitrogen and oxygen atoms in total. The van der Waals surface area contributed by atoms with Gasteiger partial charge in [0.1, 0.15) is 5.82 Å². The molecule has 0 aliphatic carbocycles. The summed E-state index contributed by atoms with van der Waals surface area (Å²) >= 11 is 0. The van der Waals surface area contributed by atoms with Gasteiger partial charge in [-0.2, -0.15) is 0 Å². The van der Waals surface area contributed by atoms with E-state index in [-0.39, 0.29) is 35.9 Å². The van der Waals surface area contributed by atoms with Crippen LogP contribution in [0.15, 0.2) is 41.9 Å². The molecule has 29 heavy (non-hydrogen) atoms. The van der Waals surface area contributed by atoms with Crippen molar-refractivity contribution < 1.29 is 9.13 Å². The molecule has 1 aromatic carbocycles. The van der Waals surface area contributed by atoms with Crippen molar-refractivity contribution in [1.82, 2.24) is 20.2 Å². The van der Waals surface area contributed by atoms with Gasteiger partial charge in [0.25, 0.3) is 0 Å². The fourth-order valence-corrected chi connectivity index (χ4v) is 2.93. The molecule has 0 amide bonds. The Balaban J connectivity index is 0.00000420. The van der Waals surface area contributed by atoms with Gasteiger partial charge in [-0.3, -0.25) is 0 Å². The number of rotatable bonds is 10. The topological polar surface area (TPSA) is 63.5 Å². The fraction of sp³-hybridized carbons (Fsp3) is 0.524. The van der Waals surface area contributed by atoms with Crippen LogP contribution in [0.2, 0.25) is 0 Å². The van der Waals surface area contributed by atoms with Crippen LogP contribution in [0.1, 0.15) is 39.7 Å². The quantitative estimate of drug-likeness (QED) is 0.283. The highest BCUT2D eigenvalue weighted by Gasteiger charge is 2.13. The smallest absolute Gasteiger partial charge is 0.191 e. The van der Waals surface area contributed by atoms with Crippen LogP contribution in [0.4, 0.5) is 4.39 Å². The van der Waals surface area contributed by atoms with Crippen molar-refractivity contribution in [2.75, 3.05) is 19.7 Å². The molecule has 0 fully saturated rings. The molecule has 1 unspecified atom stereocenters. The van der Waals surface area contributed by atoms with Gasteiger partial charge in [0.05, 0.1) is 24.7 Å². The zero-order valence-corrected chi connectivity index (χ0v) is 20.0. The van der Waals surface area contributed by atoms with Crippen LogP contribution in [0.5, 0.6) is 0 Å². The van der Waals surface area contributed by atoms with E-state index in [1.165, 1.54) is 6.07 Å². The van der Waals surface area contributed by atoms with Crippen LogP contribution >= 0.6 is 24.0 Å². The summed E-state index contributed by atoms with van der Waals surface area (Å²) in [5, 5.41) is 6.56. The number of benzene rings is 1. The van der Waals surface area contributed by atoms with Crippen molar-refractivity contribution in [3.05, 3.63) is 48.3 Å². The number of imidazole rings is 1. The number of aliphatic imine (C=N–C) groups is 1. The maximum atomic E-state index is 14.4. The van der Waals surface area contributed by atoms with Crippen LogP contribution < -0.4 is 10.6 Å². The first-order valence-corrected chi connectivity index (χ1v) is 9.95. The molecule has 0 radical (unpaired) electrons. The van der Waals surface area contributed by atoms with Gasteiger partial charge in [-0.1, -0.05) is 19.9 Å². The average Bonchev–Trinajstić information content (AvgIpc) is 3.19. The molecule has 1 aromatic heterocycles. The third kappa shape index (κ3) is 8.30. The SMILES string of the molecule is CCNC(=NCc1ccc(-n2ccnc2)c(F)c1)NCCC(OCC)C(C)C.I. The van der Waals surface area contributed by atoms with Crippen molar-refractivity contribution in [3.63, 3.8) is 0 Å². The molecule has 1 heterocycles. The maximum absolute atomic E-state index is 14.4. The second-order valence-corrected chi connectivity index (χ2v) is 6.90. The minimum absolute atomic E-state index is 0. The largest absolute Gasteiger partial charge is 0.378 e. The number of hydrogen-bond acceptors (Lipinski definition) is 3. The van der Waals surface area contributed by atoms with Crippen LogP contribution in [0.25, 0.3) is 5.69 Å². The first-order chi connectivity index (χ1) is 13.5. The Labute approximate surface area is 190 Å². The lowest BCUT2D eigenvalue weighted by atomic mass is 10.0. The molecule has 2 N–H and O–H groups in total. The van der Waals surface area contributed by atoms with Gasteiger partial charge < -0.3 is 19.9 Å². The number of nitrogens with one attached hydrogen (secondary N) is 2. The highest BCUT2D eigenvalue weighted by Crippen LogP contribution is 2.15. The van der Waals surface area contributed by atoms with Crippen LogP contribution in [0, 0.1) is 11.7 Å². The van der Waals surface area contributed by atoms with E-state index in [9.17, 15) is 4.39 Å². The Bertz CT molecular complexity index is 737. The predicted molar refractivity (Wildman–Crippen MR) is 127 cm³/mol. The van der Waals surface area contributed by atoms with Gasteiger partial charge in [-0.15, -0.1) is 24.0 Å². The first-order valence-electron chi connectivity index (χ1n) is 9.95. The molecule has 0 saturated carbocycles. The van der Waals surface area contributed by atoms with Crippen molar-refractivity contribution in [2.45, 2.75) is 46.8 Å². The van der Waals surface area contributed by atoms with E-state index in [1.54, 1.807) is 29.4 Å². The molecular formula is C21H33FIN5O. The third-order valence-electron chi connectivity index (χ3n) is 4.40. The van der Waals surface area contributed by atoms with Gasteiger partial charge in [-0.25, -0.2) is 14.4 Å². The monoisotopic (exact) mass is 517 g/mol. The molecule has 1 atom stereocenters. The highest BCUT2D eigenvalue weighted by atomic mass is 127. The predicted octanol–water partition coefficient (Wildman–Crippen LogP) is 4.14.